The lowest BCUT2D eigenvalue weighted by Crippen LogP contribution is -2.17. The number of nitrogens with one attached hydrogen (secondary N) is 1. The number of methoxy groups -OCH3 is 2. The van der Waals surface area contributed by atoms with E-state index in [1.54, 1.807) is 14.2 Å². The maximum absolute atomic E-state index is 13.3. The fourth-order valence-corrected chi connectivity index (χ4v) is 4.58. The zero-order chi connectivity index (χ0) is 23.5. The predicted octanol–water partition coefficient (Wildman–Crippen LogP) is 6.53. The fourth-order valence-electron chi connectivity index (χ4n) is 4.58. The van der Waals surface area contributed by atoms with Crippen molar-refractivity contribution in [1.82, 2.24) is 9.97 Å². The molecule has 1 N–H and O–H groups in total. The van der Waals surface area contributed by atoms with E-state index in [9.17, 15) is 4.79 Å². The topological polar surface area (TPSA) is 64.2 Å². The highest BCUT2D eigenvalue weighted by atomic mass is 16.5. The Kier molecular flexibility index (Phi) is 7.98. The summed E-state index contributed by atoms with van der Waals surface area (Å²) in [6.45, 7) is 6.35. The van der Waals surface area contributed by atoms with Crippen LogP contribution in [-0.4, -0.2) is 24.2 Å². The second-order valence-electron chi connectivity index (χ2n) is 8.63. The molecule has 0 saturated heterocycles. The van der Waals surface area contributed by atoms with Crippen LogP contribution in [0, 0.1) is 6.92 Å². The summed E-state index contributed by atoms with van der Waals surface area (Å²) in [7, 11) is 3.26. The maximum Gasteiger partial charge on any atom is 0.252 e. The number of pyridine rings is 2. The lowest BCUT2D eigenvalue weighted by Gasteiger charge is -2.16. The van der Waals surface area contributed by atoms with Crippen molar-refractivity contribution in [3.63, 3.8) is 0 Å². The van der Waals surface area contributed by atoms with E-state index in [0.717, 1.165) is 69.9 Å². The normalized spacial score (nSPS) is 11.0. The highest BCUT2D eigenvalue weighted by molar-refractivity contribution is 5.91. The van der Waals surface area contributed by atoms with Crippen LogP contribution in [0.5, 0.6) is 11.5 Å². The minimum Gasteiger partial charge on any atom is -0.493 e. The molecule has 0 aliphatic heterocycles. The second kappa shape index (κ2) is 10.7. The van der Waals surface area contributed by atoms with Crippen LogP contribution in [0.15, 0.2) is 41.2 Å². The highest BCUT2D eigenvalue weighted by Crippen LogP contribution is 2.35. The molecular weight excluding hydrogens is 424 g/mol. The third-order valence-electron chi connectivity index (χ3n) is 6.21. The quantitative estimate of drug-likeness (QED) is 0.324. The SMILES string of the molecule is C.CCCc1nc2ccc(C)cc2cc1Cc1c(=O)[nH]c(CCC)c2cc(OC)c(OC)cc12. The summed E-state index contributed by atoms with van der Waals surface area (Å²) in [4.78, 5) is 21.4. The molecule has 5 nitrogen and oxygen atoms in total. The standard InChI is InChI=1S/C28H32N2O3.CH4/c1-6-8-23-19(13-18-12-17(3)10-11-24(18)29-23)14-22-20-15-26(32-4)27(33-5)16-21(20)25(9-7-2)30-28(22)31;/h10-13,15-16H,6-9,14H2,1-5H3,(H,30,31);1H4. The molecule has 2 aromatic heterocycles. The molecule has 0 saturated carbocycles. The fraction of sp³-hybridized carbons (Fsp3) is 0.379. The number of aryl methyl sites for hydroxylation is 3. The lowest BCUT2D eigenvalue weighted by molar-refractivity contribution is 0.356. The van der Waals surface area contributed by atoms with E-state index in [4.69, 9.17) is 14.5 Å². The van der Waals surface area contributed by atoms with Crippen molar-refractivity contribution in [1.29, 1.82) is 0 Å². The van der Waals surface area contributed by atoms with Crippen molar-refractivity contribution in [2.24, 2.45) is 0 Å². The molecule has 0 amide bonds. The van der Waals surface area contributed by atoms with Crippen LogP contribution in [0.1, 0.15) is 62.2 Å². The molecule has 2 heterocycles. The van der Waals surface area contributed by atoms with E-state index >= 15 is 0 Å². The number of ether oxygens (including phenoxy) is 2. The number of aromatic amines is 1. The number of fused-ring (bicyclic) bond motifs is 2. The molecule has 2 aromatic carbocycles. The van der Waals surface area contributed by atoms with Crippen LogP contribution >= 0.6 is 0 Å². The number of rotatable bonds is 8. The minimum absolute atomic E-state index is 0. The summed E-state index contributed by atoms with van der Waals surface area (Å²) in [6.07, 6.45) is 4.11. The Bertz CT molecular complexity index is 1370. The average molecular weight is 461 g/mol. The van der Waals surface area contributed by atoms with Crippen LogP contribution in [0.25, 0.3) is 21.7 Å². The van der Waals surface area contributed by atoms with Crippen molar-refractivity contribution in [2.45, 2.75) is 60.3 Å². The van der Waals surface area contributed by atoms with Gasteiger partial charge in [-0.3, -0.25) is 9.78 Å². The van der Waals surface area contributed by atoms with Crippen LogP contribution < -0.4 is 15.0 Å². The van der Waals surface area contributed by atoms with Crippen LogP contribution in [-0.2, 0) is 19.3 Å². The second-order valence-corrected chi connectivity index (χ2v) is 8.63. The van der Waals surface area contributed by atoms with Gasteiger partial charge < -0.3 is 14.5 Å². The van der Waals surface area contributed by atoms with Gasteiger partial charge in [0.1, 0.15) is 0 Å². The Hall–Kier alpha value is -3.34. The molecule has 0 fully saturated rings. The number of aromatic nitrogens is 2. The largest absolute Gasteiger partial charge is 0.493 e. The summed E-state index contributed by atoms with van der Waals surface area (Å²) in [5.41, 5.74) is 5.96. The van der Waals surface area contributed by atoms with Gasteiger partial charge in [0.05, 0.1) is 19.7 Å². The van der Waals surface area contributed by atoms with Gasteiger partial charge in [-0.25, -0.2) is 0 Å². The van der Waals surface area contributed by atoms with Crippen LogP contribution in [0.4, 0.5) is 0 Å². The van der Waals surface area contributed by atoms with Crippen LogP contribution in [0.3, 0.4) is 0 Å². The Balaban J connectivity index is 0.00000324. The zero-order valence-electron chi connectivity index (χ0n) is 20.2. The molecule has 180 valence electrons. The number of H-pyrrole nitrogens is 1. The van der Waals surface area contributed by atoms with Crippen molar-refractivity contribution in [3.05, 3.63) is 74.8 Å². The molecule has 0 bridgehead atoms. The molecular formula is C29H36N2O3. The van der Waals surface area contributed by atoms with Crippen molar-refractivity contribution in [2.75, 3.05) is 14.2 Å². The van der Waals surface area contributed by atoms with Gasteiger partial charge in [0.15, 0.2) is 11.5 Å². The molecule has 4 rings (SSSR count). The Morgan fingerprint density at radius 1 is 0.912 bits per heavy atom. The Morgan fingerprint density at radius 2 is 1.59 bits per heavy atom. The molecule has 5 heteroatoms. The monoisotopic (exact) mass is 460 g/mol. The van der Waals surface area contributed by atoms with E-state index in [2.05, 4.69) is 50.0 Å². The van der Waals surface area contributed by atoms with Gasteiger partial charge >= 0.3 is 0 Å². The van der Waals surface area contributed by atoms with E-state index < -0.39 is 0 Å². The van der Waals surface area contributed by atoms with Gasteiger partial charge in [-0.05, 0) is 61.0 Å². The molecule has 0 radical (unpaired) electrons. The van der Waals surface area contributed by atoms with Crippen molar-refractivity contribution < 1.29 is 9.47 Å². The van der Waals surface area contributed by atoms with E-state index in [1.807, 2.05) is 12.1 Å². The molecule has 0 aliphatic rings. The van der Waals surface area contributed by atoms with Gasteiger partial charge in [0.25, 0.3) is 5.56 Å². The van der Waals surface area contributed by atoms with E-state index in [1.165, 1.54) is 5.56 Å². The Morgan fingerprint density at radius 3 is 2.24 bits per heavy atom. The molecule has 0 atom stereocenters. The summed E-state index contributed by atoms with van der Waals surface area (Å²) in [6, 6.07) is 12.4. The summed E-state index contributed by atoms with van der Waals surface area (Å²) in [5, 5.41) is 3.02. The molecule has 34 heavy (non-hydrogen) atoms. The molecule has 0 aliphatic carbocycles. The van der Waals surface area contributed by atoms with Crippen molar-refractivity contribution >= 4 is 21.7 Å². The van der Waals surface area contributed by atoms with Gasteiger partial charge in [-0.1, -0.05) is 45.7 Å². The minimum atomic E-state index is -0.0510. The van der Waals surface area contributed by atoms with Gasteiger partial charge in [0, 0.05) is 34.1 Å². The number of benzene rings is 2. The number of hydrogen-bond donors (Lipinski definition) is 1. The third-order valence-corrected chi connectivity index (χ3v) is 6.21. The predicted molar refractivity (Wildman–Crippen MR) is 142 cm³/mol. The number of nitrogens with zero attached hydrogens (tertiary/aromatic N) is 1. The average Bonchev–Trinajstić information content (AvgIpc) is 2.81. The number of hydrogen-bond acceptors (Lipinski definition) is 4. The third kappa shape index (κ3) is 4.79. The smallest absolute Gasteiger partial charge is 0.252 e. The molecule has 0 unspecified atom stereocenters. The van der Waals surface area contributed by atoms with Gasteiger partial charge in [-0.15, -0.1) is 0 Å². The van der Waals surface area contributed by atoms with Gasteiger partial charge in [0.2, 0.25) is 0 Å². The van der Waals surface area contributed by atoms with Crippen molar-refractivity contribution in [3.8, 4) is 11.5 Å². The molecule has 4 aromatic rings. The first-order valence-corrected chi connectivity index (χ1v) is 11.7. The van der Waals surface area contributed by atoms with Crippen LogP contribution in [0.2, 0.25) is 0 Å². The summed E-state index contributed by atoms with van der Waals surface area (Å²) < 4.78 is 11.1. The zero-order valence-corrected chi connectivity index (χ0v) is 20.2. The van der Waals surface area contributed by atoms with Gasteiger partial charge in [-0.2, -0.15) is 0 Å². The first-order chi connectivity index (χ1) is 16.0. The summed E-state index contributed by atoms with van der Waals surface area (Å²) >= 11 is 0. The molecule has 0 spiro atoms. The van der Waals surface area contributed by atoms with E-state index in [-0.39, 0.29) is 13.0 Å². The first-order valence-electron chi connectivity index (χ1n) is 11.7. The lowest BCUT2D eigenvalue weighted by atomic mass is 9.94. The first kappa shape index (κ1) is 25.3. The summed E-state index contributed by atoms with van der Waals surface area (Å²) in [5.74, 6) is 1.29. The highest BCUT2D eigenvalue weighted by Gasteiger charge is 2.18. The Labute approximate surface area is 202 Å². The maximum atomic E-state index is 13.3. The van der Waals surface area contributed by atoms with E-state index in [0.29, 0.717) is 17.9 Å².